The van der Waals surface area contributed by atoms with Crippen LogP contribution in [0.25, 0.3) is 0 Å². The monoisotopic (exact) mass is 307 g/mol. The second kappa shape index (κ2) is 5.72. The Morgan fingerprint density at radius 2 is 1.96 bits per heavy atom. The molecule has 23 heavy (non-hydrogen) atoms. The molecule has 2 aliphatic rings. The number of hydrogen-bond donors (Lipinski definition) is 0. The molecule has 2 aromatic rings. The molecule has 3 heterocycles. The van der Waals surface area contributed by atoms with Crippen molar-refractivity contribution in [3.8, 4) is 0 Å². The van der Waals surface area contributed by atoms with Crippen LogP contribution in [0.3, 0.4) is 0 Å². The van der Waals surface area contributed by atoms with Crippen LogP contribution in [0.5, 0.6) is 0 Å². The van der Waals surface area contributed by atoms with Crippen molar-refractivity contribution in [1.29, 1.82) is 0 Å². The van der Waals surface area contributed by atoms with Crippen LogP contribution in [0.15, 0.2) is 30.5 Å². The molecule has 0 aliphatic carbocycles. The van der Waals surface area contributed by atoms with Gasteiger partial charge in [-0.25, -0.2) is 9.97 Å². The van der Waals surface area contributed by atoms with Gasteiger partial charge in [0, 0.05) is 36.8 Å². The fourth-order valence-corrected chi connectivity index (χ4v) is 4.14. The molecule has 1 aromatic heterocycles. The molecule has 2 aliphatic heterocycles. The Morgan fingerprint density at radius 1 is 1.17 bits per heavy atom. The van der Waals surface area contributed by atoms with Crippen molar-refractivity contribution in [2.24, 2.45) is 0 Å². The minimum atomic E-state index is 0.508. The zero-order valence-corrected chi connectivity index (χ0v) is 14.3. The molecule has 0 radical (unpaired) electrons. The molecule has 2 atom stereocenters. The highest BCUT2D eigenvalue weighted by molar-refractivity contribution is 5.30. The van der Waals surface area contributed by atoms with Crippen molar-refractivity contribution < 1.29 is 0 Å². The molecule has 0 N–H and O–H groups in total. The lowest BCUT2D eigenvalue weighted by molar-refractivity contribution is 0.166. The molecule has 1 fully saturated rings. The maximum atomic E-state index is 4.69. The summed E-state index contributed by atoms with van der Waals surface area (Å²) in [5.74, 6) is 1.50. The summed E-state index contributed by atoms with van der Waals surface area (Å²) >= 11 is 0. The average molecular weight is 307 g/mol. The van der Waals surface area contributed by atoms with Gasteiger partial charge in [-0.05, 0) is 36.8 Å². The molecule has 0 amide bonds. The van der Waals surface area contributed by atoms with Crippen LogP contribution in [0.2, 0.25) is 0 Å². The summed E-state index contributed by atoms with van der Waals surface area (Å²) < 4.78 is 0. The van der Waals surface area contributed by atoms with E-state index < -0.39 is 0 Å². The lowest BCUT2D eigenvalue weighted by Gasteiger charge is -2.35. The molecule has 0 unspecified atom stereocenters. The van der Waals surface area contributed by atoms with Crippen molar-refractivity contribution in [2.75, 3.05) is 0 Å². The Balaban J connectivity index is 1.57. The largest absolute Gasteiger partial charge is 0.289 e. The lowest BCUT2D eigenvalue weighted by Crippen LogP contribution is -2.37. The first-order valence-corrected chi connectivity index (χ1v) is 8.79. The summed E-state index contributed by atoms with van der Waals surface area (Å²) in [5, 5.41) is 0. The van der Waals surface area contributed by atoms with Crippen molar-refractivity contribution in [3.63, 3.8) is 0 Å². The third kappa shape index (κ3) is 2.67. The fraction of sp³-hybridized carbons (Fsp3) is 0.500. The van der Waals surface area contributed by atoms with E-state index in [4.69, 9.17) is 0 Å². The van der Waals surface area contributed by atoms with Gasteiger partial charge >= 0.3 is 0 Å². The Kier molecular flexibility index (Phi) is 3.68. The van der Waals surface area contributed by atoms with Gasteiger partial charge in [0.15, 0.2) is 0 Å². The number of benzene rings is 1. The predicted octanol–water partition coefficient (Wildman–Crippen LogP) is 4.17. The molecular formula is C20H25N3. The van der Waals surface area contributed by atoms with Gasteiger partial charge in [-0.1, -0.05) is 38.1 Å². The van der Waals surface area contributed by atoms with Crippen LogP contribution in [-0.2, 0) is 13.0 Å². The van der Waals surface area contributed by atoms with Gasteiger partial charge in [0.25, 0.3) is 0 Å². The zero-order valence-electron chi connectivity index (χ0n) is 14.3. The fourth-order valence-electron chi connectivity index (χ4n) is 4.14. The summed E-state index contributed by atoms with van der Waals surface area (Å²) in [7, 11) is 0. The van der Waals surface area contributed by atoms with Crippen molar-refractivity contribution in [1.82, 2.24) is 14.9 Å². The standard InChI is InChI=1S/C20H25N3/c1-13(2)16-6-4-15(5-7-16)12-23-17-8-9-20(23)18-11-21-14(3)22-19(18)10-17/h4-7,11,13,17,20H,8-10,12H2,1-3H3/t17-,20-/m1/s1. The van der Waals surface area contributed by atoms with Crippen molar-refractivity contribution in [3.05, 3.63) is 58.7 Å². The first-order valence-electron chi connectivity index (χ1n) is 8.79. The van der Waals surface area contributed by atoms with Gasteiger partial charge in [0.1, 0.15) is 5.82 Å². The van der Waals surface area contributed by atoms with Crippen molar-refractivity contribution in [2.45, 2.75) is 64.6 Å². The van der Waals surface area contributed by atoms with Crippen LogP contribution >= 0.6 is 0 Å². The van der Waals surface area contributed by atoms with E-state index in [1.807, 2.05) is 6.92 Å². The molecule has 1 saturated heterocycles. The molecule has 3 nitrogen and oxygen atoms in total. The molecule has 120 valence electrons. The maximum absolute atomic E-state index is 4.69. The van der Waals surface area contributed by atoms with Gasteiger partial charge in [0.2, 0.25) is 0 Å². The maximum Gasteiger partial charge on any atom is 0.125 e. The third-order valence-corrected chi connectivity index (χ3v) is 5.46. The number of rotatable bonds is 3. The molecule has 1 aromatic carbocycles. The minimum absolute atomic E-state index is 0.508. The predicted molar refractivity (Wildman–Crippen MR) is 92.3 cm³/mol. The number of aryl methyl sites for hydroxylation is 1. The highest BCUT2D eigenvalue weighted by Crippen LogP contribution is 2.43. The SMILES string of the molecule is Cc1ncc2c(n1)C[C@H]1CC[C@H]2N1Cc1ccc(C(C)C)cc1. The second-order valence-electron chi connectivity index (χ2n) is 7.34. The van der Waals surface area contributed by atoms with E-state index in [9.17, 15) is 0 Å². The highest BCUT2D eigenvalue weighted by Gasteiger charge is 2.40. The first kappa shape index (κ1) is 14.8. The molecule has 3 heteroatoms. The van der Waals surface area contributed by atoms with E-state index in [-0.39, 0.29) is 0 Å². The van der Waals surface area contributed by atoms with Crippen molar-refractivity contribution >= 4 is 0 Å². The van der Waals surface area contributed by atoms with Gasteiger partial charge in [0.05, 0.1) is 5.69 Å². The number of hydrogen-bond acceptors (Lipinski definition) is 3. The second-order valence-corrected chi connectivity index (χ2v) is 7.34. The van der Waals surface area contributed by atoms with Gasteiger partial charge in [-0.15, -0.1) is 0 Å². The van der Waals surface area contributed by atoms with E-state index >= 15 is 0 Å². The molecular weight excluding hydrogens is 282 g/mol. The lowest BCUT2D eigenvalue weighted by atomic mass is 9.97. The Hall–Kier alpha value is -1.74. The van der Waals surface area contributed by atoms with Crippen LogP contribution < -0.4 is 0 Å². The zero-order chi connectivity index (χ0) is 16.0. The molecule has 2 bridgehead atoms. The molecule has 4 rings (SSSR count). The Bertz CT molecular complexity index is 705. The third-order valence-electron chi connectivity index (χ3n) is 5.46. The number of fused-ring (bicyclic) bond motifs is 4. The Labute approximate surface area is 138 Å². The van der Waals surface area contributed by atoms with Gasteiger partial charge < -0.3 is 0 Å². The summed E-state index contributed by atoms with van der Waals surface area (Å²) in [4.78, 5) is 11.8. The summed E-state index contributed by atoms with van der Waals surface area (Å²) in [5.41, 5.74) is 5.49. The summed E-state index contributed by atoms with van der Waals surface area (Å²) in [6.45, 7) is 7.53. The quantitative estimate of drug-likeness (QED) is 0.852. The van der Waals surface area contributed by atoms with Gasteiger partial charge in [-0.2, -0.15) is 0 Å². The topological polar surface area (TPSA) is 29.0 Å². The molecule has 0 saturated carbocycles. The average Bonchev–Trinajstić information content (AvgIpc) is 2.81. The van der Waals surface area contributed by atoms with E-state index in [1.54, 1.807) is 0 Å². The highest BCUT2D eigenvalue weighted by atomic mass is 15.2. The van der Waals surface area contributed by atoms with Crippen LogP contribution in [0.1, 0.15) is 66.9 Å². The van der Waals surface area contributed by atoms with E-state index in [2.05, 4.69) is 59.2 Å². The van der Waals surface area contributed by atoms with Crippen LogP contribution in [-0.4, -0.2) is 20.9 Å². The van der Waals surface area contributed by atoms with E-state index in [0.717, 1.165) is 18.8 Å². The summed E-state index contributed by atoms with van der Waals surface area (Å²) in [6, 6.07) is 10.3. The normalized spacial score (nSPS) is 23.3. The first-order chi connectivity index (χ1) is 11.1. The molecule has 0 spiro atoms. The smallest absolute Gasteiger partial charge is 0.125 e. The van der Waals surface area contributed by atoms with Crippen LogP contribution in [0.4, 0.5) is 0 Å². The van der Waals surface area contributed by atoms with E-state index in [1.165, 1.54) is 35.2 Å². The number of nitrogens with zero attached hydrogens (tertiary/aromatic N) is 3. The van der Waals surface area contributed by atoms with Gasteiger partial charge in [-0.3, -0.25) is 4.90 Å². The minimum Gasteiger partial charge on any atom is -0.289 e. The summed E-state index contributed by atoms with van der Waals surface area (Å²) in [6.07, 6.45) is 5.68. The number of aromatic nitrogens is 2. The Morgan fingerprint density at radius 3 is 2.70 bits per heavy atom. The van der Waals surface area contributed by atoms with Crippen LogP contribution in [0, 0.1) is 6.92 Å². The van der Waals surface area contributed by atoms with E-state index in [0.29, 0.717) is 18.0 Å².